The molecule has 0 amide bonds. The summed E-state index contributed by atoms with van der Waals surface area (Å²) in [5.41, 5.74) is 0. The Morgan fingerprint density at radius 1 is 1.47 bits per heavy atom. The third-order valence-electron chi connectivity index (χ3n) is 2.97. The van der Waals surface area contributed by atoms with E-state index in [1.165, 1.54) is 6.42 Å². The van der Waals surface area contributed by atoms with Crippen molar-refractivity contribution in [3.63, 3.8) is 0 Å². The summed E-state index contributed by atoms with van der Waals surface area (Å²) in [5.74, 6) is 1.33. The zero-order chi connectivity index (χ0) is 12.1. The third-order valence-corrected chi connectivity index (χ3v) is 2.97. The Balaban J connectivity index is 1.80. The molecule has 0 aromatic carbocycles. The van der Waals surface area contributed by atoms with E-state index in [0.717, 1.165) is 31.7 Å². The first-order valence-electron chi connectivity index (χ1n) is 6.35. The lowest BCUT2D eigenvalue weighted by Gasteiger charge is -2.20. The number of aryl methyl sites for hydroxylation is 1. The molecule has 0 radical (unpaired) electrons. The molecular formula is C12H20N2O3. The highest BCUT2D eigenvalue weighted by atomic mass is 16.5. The number of aliphatic hydroxyl groups excluding tert-OH is 1. The Labute approximate surface area is 101 Å². The Kier molecular flexibility index (Phi) is 4.50. The van der Waals surface area contributed by atoms with Gasteiger partial charge in [-0.15, -0.1) is 0 Å². The Bertz CT molecular complexity index is 332. The SMILES string of the molecule is CC(O)CCc1nc(CC2CCCCO2)no1. The van der Waals surface area contributed by atoms with E-state index < -0.39 is 0 Å². The molecule has 96 valence electrons. The fraction of sp³-hybridized carbons (Fsp3) is 0.833. The molecule has 0 spiro atoms. The number of aliphatic hydroxyl groups is 1. The second kappa shape index (κ2) is 6.12. The first-order chi connectivity index (χ1) is 8.24. The summed E-state index contributed by atoms with van der Waals surface area (Å²) in [7, 11) is 0. The predicted molar refractivity (Wildman–Crippen MR) is 61.6 cm³/mol. The van der Waals surface area contributed by atoms with Crippen LogP contribution in [0.4, 0.5) is 0 Å². The molecule has 2 heterocycles. The molecule has 2 atom stereocenters. The van der Waals surface area contributed by atoms with Crippen LogP contribution in [0.2, 0.25) is 0 Å². The second-order valence-electron chi connectivity index (χ2n) is 4.68. The van der Waals surface area contributed by atoms with E-state index in [4.69, 9.17) is 9.26 Å². The van der Waals surface area contributed by atoms with Crippen molar-refractivity contribution in [3.05, 3.63) is 11.7 Å². The zero-order valence-electron chi connectivity index (χ0n) is 10.3. The van der Waals surface area contributed by atoms with E-state index in [1.54, 1.807) is 6.92 Å². The first kappa shape index (κ1) is 12.5. The van der Waals surface area contributed by atoms with Crippen molar-refractivity contribution in [2.24, 2.45) is 0 Å². The van der Waals surface area contributed by atoms with Crippen molar-refractivity contribution >= 4 is 0 Å². The summed E-state index contributed by atoms with van der Waals surface area (Å²) in [4.78, 5) is 4.31. The molecule has 1 aliphatic rings. The third kappa shape index (κ3) is 4.09. The summed E-state index contributed by atoms with van der Waals surface area (Å²) in [6.45, 7) is 2.60. The minimum absolute atomic E-state index is 0.242. The Morgan fingerprint density at radius 2 is 2.35 bits per heavy atom. The van der Waals surface area contributed by atoms with Gasteiger partial charge >= 0.3 is 0 Å². The van der Waals surface area contributed by atoms with Crippen LogP contribution in [0.25, 0.3) is 0 Å². The molecule has 17 heavy (non-hydrogen) atoms. The second-order valence-corrected chi connectivity index (χ2v) is 4.68. The van der Waals surface area contributed by atoms with E-state index >= 15 is 0 Å². The monoisotopic (exact) mass is 240 g/mol. The molecule has 0 bridgehead atoms. The number of rotatable bonds is 5. The molecule has 1 aliphatic heterocycles. The van der Waals surface area contributed by atoms with E-state index in [1.807, 2.05) is 0 Å². The lowest BCUT2D eigenvalue weighted by atomic mass is 10.1. The summed E-state index contributed by atoms with van der Waals surface area (Å²) in [5, 5.41) is 13.1. The predicted octanol–water partition coefficient (Wildman–Crippen LogP) is 1.49. The zero-order valence-corrected chi connectivity index (χ0v) is 10.3. The minimum atomic E-state index is -0.327. The number of hydrogen-bond donors (Lipinski definition) is 1. The molecule has 2 rings (SSSR count). The average molecular weight is 240 g/mol. The summed E-state index contributed by atoms with van der Waals surface area (Å²) in [6, 6.07) is 0. The fourth-order valence-corrected chi connectivity index (χ4v) is 1.98. The largest absolute Gasteiger partial charge is 0.393 e. The highest BCUT2D eigenvalue weighted by Gasteiger charge is 2.17. The van der Waals surface area contributed by atoms with E-state index in [-0.39, 0.29) is 12.2 Å². The van der Waals surface area contributed by atoms with Crippen LogP contribution in [-0.4, -0.2) is 34.1 Å². The van der Waals surface area contributed by atoms with Gasteiger partial charge < -0.3 is 14.4 Å². The standard InChI is InChI=1S/C12H20N2O3/c1-9(15)5-6-12-13-11(14-17-12)8-10-4-2-3-7-16-10/h9-10,15H,2-8H2,1H3. The fourth-order valence-electron chi connectivity index (χ4n) is 1.98. The van der Waals surface area contributed by atoms with E-state index in [2.05, 4.69) is 10.1 Å². The molecule has 1 aromatic heterocycles. The maximum atomic E-state index is 9.17. The number of hydrogen-bond acceptors (Lipinski definition) is 5. The average Bonchev–Trinajstić information content (AvgIpc) is 2.75. The maximum absolute atomic E-state index is 9.17. The van der Waals surface area contributed by atoms with Crippen LogP contribution in [0.1, 0.15) is 44.3 Å². The van der Waals surface area contributed by atoms with Crippen molar-refractivity contribution in [1.29, 1.82) is 0 Å². The lowest BCUT2D eigenvalue weighted by Crippen LogP contribution is -2.21. The van der Waals surface area contributed by atoms with Crippen LogP contribution in [0.3, 0.4) is 0 Å². The number of ether oxygens (including phenoxy) is 1. The molecule has 1 fully saturated rings. The minimum Gasteiger partial charge on any atom is -0.393 e. The normalized spacial score (nSPS) is 22.6. The highest BCUT2D eigenvalue weighted by Crippen LogP contribution is 2.16. The number of nitrogens with zero attached hydrogens (tertiary/aromatic N) is 2. The molecule has 5 heteroatoms. The topological polar surface area (TPSA) is 68.4 Å². The van der Waals surface area contributed by atoms with Crippen LogP contribution >= 0.6 is 0 Å². The smallest absolute Gasteiger partial charge is 0.226 e. The van der Waals surface area contributed by atoms with Crippen molar-refractivity contribution in [2.45, 2.75) is 57.7 Å². The first-order valence-corrected chi connectivity index (χ1v) is 6.35. The van der Waals surface area contributed by atoms with Gasteiger partial charge in [-0.2, -0.15) is 4.98 Å². The van der Waals surface area contributed by atoms with Crippen molar-refractivity contribution in [2.75, 3.05) is 6.61 Å². The van der Waals surface area contributed by atoms with Gasteiger partial charge in [0.25, 0.3) is 0 Å². The van der Waals surface area contributed by atoms with Crippen LogP contribution < -0.4 is 0 Å². The number of aromatic nitrogens is 2. The van der Waals surface area contributed by atoms with Gasteiger partial charge in [-0.1, -0.05) is 5.16 Å². The van der Waals surface area contributed by atoms with Gasteiger partial charge in [-0.25, -0.2) is 0 Å². The van der Waals surface area contributed by atoms with E-state index in [9.17, 15) is 5.11 Å². The molecule has 1 aromatic rings. The molecule has 0 aliphatic carbocycles. The lowest BCUT2D eigenvalue weighted by molar-refractivity contribution is 0.0153. The molecule has 1 N–H and O–H groups in total. The van der Waals surface area contributed by atoms with Crippen molar-refractivity contribution in [1.82, 2.24) is 10.1 Å². The van der Waals surface area contributed by atoms with Crippen LogP contribution in [0, 0.1) is 0 Å². The van der Waals surface area contributed by atoms with Crippen LogP contribution in [0.15, 0.2) is 4.52 Å². The molecule has 2 unspecified atom stereocenters. The molecular weight excluding hydrogens is 220 g/mol. The molecule has 5 nitrogen and oxygen atoms in total. The van der Waals surface area contributed by atoms with Gasteiger partial charge in [-0.3, -0.25) is 0 Å². The van der Waals surface area contributed by atoms with Crippen LogP contribution in [-0.2, 0) is 17.6 Å². The van der Waals surface area contributed by atoms with Gasteiger partial charge in [0, 0.05) is 19.4 Å². The molecule has 0 saturated carbocycles. The van der Waals surface area contributed by atoms with Gasteiger partial charge in [-0.05, 0) is 32.6 Å². The highest BCUT2D eigenvalue weighted by molar-refractivity contribution is 4.89. The Hall–Kier alpha value is -0.940. The van der Waals surface area contributed by atoms with Gasteiger partial charge in [0.05, 0.1) is 12.2 Å². The molecule has 1 saturated heterocycles. The van der Waals surface area contributed by atoms with Gasteiger partial charge in [0.2, 0.25) is 5.89 Å². The quantitative estimate of drug-likeness (QED) is 0.844. The van der Waals surface area contributed by atoms with Crippen molar-refractivity contribution in [3.8, 4) is 0 Å². The summed E-state index contributed by atoms with van der Waals surface area (Å²) < 4.78 is 10.8. The Morgan fingerprint density at radius 3 is 3.06 bits per heavy atom. The van der Waals surface area contributed by atoms with Gasteiger partial charge in [0.1, 0.15) is 0 Å². The van der Waals surface area contributed by atoms with Crippen molar-refractivity contribution < 1.29 is 14.4 Å². The van der Waals surface area contributed by atoms with Crippen LogP contribution in [0.5, 0.6) is 0 Å². The van der Waals surface area contributed by atoms with Gasteiger partial charge in [0.15, 0.2) is 5.82 Å². The summed E-state index contributed by atoms with van der Waals surface area (Å²) in [6.07, 6.45) is 5.39. The van der Waals surface area contributed by atoms with E-state index in [0.29, 0.717) is 18.7 Å². The maximum Gasteiger partial charge on any atom is 0.226 e. The summed E-state index contributed by atoms with van der Waals surface area (Å²) >= 11 is 0.